The first kappa shape index (κ1) is 12.4. The zero-order valence-corrected chi connectivity index (χ0v) is 9.88. The summed E-state index contributed by atoms with van der Waals surface area (Å²) in [7, 11) is -3.84. The molecule has 1 heterocycles. The van der Waals surface area contributed by atoms with Crippen LogP contribution in [-0.4, -0.2) is 38.9 Å². The number of sulfonamides is 1. The molecular formula is C10H13F2N2O2S+. The number of piperazine rings is 1. The van der Waals surface area contributed by atoms with Gasteiger partial charge in [-0.25, -0.2) is 17.2 Å². The fourth-order valence-electron chi connectivity index (χ4n) is 1.79. The molecule has 4 nitrogen and oxygen atoms in total. The minimum Gasteiger partial charge on any atom is -0.344 e. The SMILES string of the molecule is O=S(=O)(c1ccc(F)cc1F)N1CC[NH2+]CC1. The molecule has 0 aromatic heterocycles. The molecule has 0 atom stereocenters. The number of quaternary nitrogens is 1. The zero-order chi connectivity index (χ0) is 12.5. The molecule has 2 N–H and O–H groups in total. The van der Waals surface area contributed by atoms with Gasteiger partial charge in [-0.05, 0) is 12.1 Å². The fraction of sp³-hybridized carbons (Fsp3) is 0.400. The molecule has 1 fully saturated rings. The molecule has 0 unspecified atom stereocenters. The Bertz CT molecular complexity index is 513. The average molecular weight is 263 g/mol. The van der Waals surface area contributed by atoms with Crippen molar-refractivity contribution >= 4 is 10.0 Å². The quantitative estimate of drug-likeness (QED) is 0.784. The van der Waals surface area contributed by atoms with E-state index >= 15 is 0 Å². The predicted octanol–water partition coefficient (Wildman–Crippen LogP) is -0.467. The highest BCUT2D eigenvalue weighted by Gasteiger charge is 2.29. The number of hydrogen-bond acceptors (Lipinski definition) is 2. The Kier molecular flexibility index (Phi) is 3.41. The molecule has 1 aromatic rings. The molecule has 1 saturated heterocycles. The maximum Gasteiger partial charge on any atom is 0.246 e. The zero-order valence-electron chi connectivity index (χ0n) is 9.07. The van der Waals surface area contributed by atoms with Crippen molar-refractivity contribution in [2.24, 2.45) is 0 Å². The number of halogens is 2. The summed E-state index contributed by atoms with van der Waals surface area (Å²) in [5, 5.41) is 1.99. The second-order valence-electron chi connectivity index (χ2n) is 3.84. The Morgan fingerprint density at radius 1 is 1.18 bits per heavy atom. The van der Waals surface area contributed by atoms with Gasteiger partial charge in [-0.2, -0.15) is 4.31 Å². The lowest BCUT2D eigenvalue weighted by molar-refractivity contribution is -0.661. The Balaban J connectivity index is 2.37. The molecule has 94 valence electrons. The summed E-state index contributed by atoms with van der Waals surface area (Å²) >= 11 is 0. The van der Waals surface area contributed by atoms with Crippen LogP contribution in [0.25, 0.3) is 0 Å². The van der Waals surface area contributed by atoms with Crippen LogP contribution >= 0.6 is 0 Å². The fourth-order valence-corrected chi connectivity index (χ4v) is 3.31. The van der Waals surface area contributed by atoms with Crippen LogP contribution in [0.3, 0.4) is 0 Å². The monoisotopic (exact) mass is 263 g/mol. The largest absolute Gasteiger partial charge is 0.344 e. The van der Waals surface area contributed by atoms with Crippen molar-refractivity contribution in [2.45, 2.75) is 4.90 Å². The van der Waals surface area contributed by atoms with Gasteiger partial charge in [0.2, 0.25) is 10.0 Å². The van der Waals surface area contributed by atoms with Crippen LogP contribution in [0.15, 0.2) is 23.1 Å². The summed E-state index contributed by atoms with van der Waals surface area (Å²) in [5.74, 6) is -1.83. The first-order valence-electron chi connectivity index (χ1n) is 5.28. The highest BCUT2D eigenvalue weighted by atomic mass is 32.2. The second-order valence-corrected chi connectivity index (χ2v) is 5.75. The molecule has 2 rings (SSSR count). The van der Waals surface area contributed by atoms with E-state index in [2.05, 4.69) is 0 Å². The number of nitrogens with two attached hydrogens (primary N) is 1. The van der Waals surface area contributed by atoms with Crippen LogP contribution in [0.5, 0.6) is 0 Å². The molecule has 0 saturated carbocycles. The van der Waals surface area contributed by atoms with Crippen molar-refractivity contribution in [3.05, 3.63) is 29.8 Å². The molecule has 1 aliphatic rings. The number of rotatable bonds is 2. The third-order valence-electron chi connectivity index (χ3n) is 2.68. The summed E-state index contributed by atoms with van der Waals surface area (Å²) < 4.78 is 51.5. The van der Waals surface area contributed by atoms with Gasteiger partial charge in [-0.3, -0.25) is 0 Å². The normalized spacial score (nSPS) is 18.2. The van der Waals surface area contributed by atoms with Crippen LogP contribution in [0.2, 0.25) is 0 Å². The molecule has 0 amide bonds. The maximum atomic E-state index is 13.4. The van der Waals surface area contributed by atoms with Gasteiger partial charge in [0.05, 0.1) is 26.2 Å². The second kappa shape index (κ2) is 4.67. The van der Waals surface area contributed by atoms with Crippen molar-refractivity contribution in [3.8, 4) is 0 Å². The lowest BCUT2D eigenvalue weighted by Gasteiger charge is -2.24. The van der Waals surface area contributed by atoms with E-state index in [0.29, 0.717) is 32.2 Å². The van der Waals surface area contributed by atoms with Gasteiger partial charge in [0.1, 0.15) is 16.5 Å². The standard InChI is InChI=1S/C10H12F2N2O2S/c11-8-1-2-10(9(12)7-8)17(15,16)14-5-3-13-4-6-14/h1-2,7,13H,3-6H2/p+1. The van der Waals surface area contributed by atoms with E-state index in [1.807, 2.05) is 5.32 Å². The molecule has 0 spiro atoms. The minimum atomic E-state index is -3.84. The molecular weight excluding hydrogens is 250 g/mol. The van der Waals surface area contributed by atoms with Gasteiger partial charge in [0.15, 0.2) is 0 Å². The van der Waals surface area contributed by atoms with Gasteiger partial charge in [-0.15, -0.1) is 0 Å². The molecule has 0 radical (unpaired) electrons. The van der Waals surface area contributed by atoms with E-state index in [-0.39, 0.29) is 0 Å². The third kappa shape index (κ3) is 2.46. The van der Waals surface area contributed by atoms with E-state index in [1.165, 1.54) is 4.31 Å². The van der Waals surface area contributed by atoms with E-state index < -0.39 is 26.6 Å². The molecule has 17 heavy (non-hydrogen) atoms. The summed E-state index contributed by atoms with van der Waals surface area (Å²) in [6, 6.07) is 2.51. The topological polar surface area (TPSA) is 54.0 Å². The van der Waals surface area contributed by atoms with Gasteiger partial charge in [0.25, 0.3) is 0 Å². The van der Waals surface area contributed by atoms with E-state index in [9.17, 15) is 17.2 Å². The predicted molar refractivity (Wildman–Crippen MR) is 56.8 cm³/mol. The van der Waals surface area contributed by atoms with Crippen LogP contribution in [0, 0.1) is 11.6 Å². The molecule has 1 aromatic carbocycles. The summed E-state index contributed by atoms with van der Waals surface area (Å²) in [6.07, 6.45) is 0. The van der Waals surface area contributed by atoms with Crippen molar-refractivity contribution in [1.82, 2.24) is 4.31 Å². The summed E-state index contributed by atoms with van der Waals surface area (Å²) in [4.78, 5) is -0.458. The Labute approximate surface area is 98.3 Å². The first-order chi connectivity index (χ1) is 8.01. The van der Waals surface area contributed by atoms with Gasteiger partial charge in [-0.1, -0.05) is 0 Å². The molecule has 7 heteroatoms. The maximum absolute atomic E-state index is 13.4. The Morgan fingerprint density at radius 2 is 1.82 bits per heavy atom. The highest BCUT2D eigenvalue weighted by molar-refractivity contribution is 7.89. The van der Waals surface area contributed by atoms with Crippen molar-refractivity contribution in [2.75, 3.05) is 26.2 Å². The smallest absolute Gasteiger partial charge is 0.246 e. The Morgan fingerprint density at radius 3 is 2.41 bits per heavy atom. The van der Waals surface area contributed by atoms with Crippen molar-refractivity contribution in [3.63, 3.8) is 0 Å². The van der Waals surface area contributed by atoms with Crippen LogP contribution in [0.1, 0.15) is 0 Å². The van der Waals surface area contributed by atoms with Gasteiger partial charge < -0.3 is 5.32 Å². The van der Waals surface area contributed by atoms with Gasteiger partial charge >= 0.3 is 0 Å². The van der Waals surface area contributed by atoms with Gasteiger partial charge in [0, 0.05) is 6.07 Å². The van der Waals surface area contributed by atoms with E-state index in [1.54, 1.807) is 0 Å². The van der Waals surface area contributed by atoms with Crippen LogP contribution in [-0.2, 0) is 10.0 Å². The van der Waals surface area contributed by atoms with E-state index in [0.717, 1.165) is 12.1 Å². The number of hydrogen-bond donors (Lipinski definition) is 1. The average Bonchev–Trinajstić information content (AvgIpc) is 2.29. The molecule has 0 bridgehead atoms. The lowest BCUT2D eigenvalue weighted by atomic mass is 10.3. The van der Waals surface area contributed by atoms with E-state index in [4.69, 9.17) is 0 Å². The van der Waals surface area contributed by atoms with Crippen molar-refractivity contribution in [1.29, 1.82) is 0 Å². The highest BCUT2D eigenvalue weighted by Crippen LogP contribution is 2.19. The summed E-state index contributed by atoms with van der Waals surface area (Å²) in [5.41, 5.74) is 0. The minimum absolute atomic E-state index is 0.346. The lowest BCUT2D eigenvalue weighted by Crippen LogP contribution is -2.89. The summed E-state index contributed by atoms with van der Waals surface area (Å²) in [6.45, 7) is 2.00. The van der Waals surface area contributed by atoms with Crippen molar-refractivity contribution < 1.29 is 22.5 Å². The number of benzene rings is 1. The first-order valence-corrected chi connectivity index (χ1v) is 6.73. The Hall–Kier alpha value is -1.05. The third-order valence-corrected chi connectivity index (χ3v) is 4.61. The van der Waals surface area contributed by atoms with Crippen LogP contribution in [0.4, 0.5) is 8.78 Å². The van der Waals surface area contributed by atoms with Crippen LogP contribution < -0.4 is 5.32 Å². The molecule has 0 aliphatic carbocycles. The number of nitrogens with zero attached hydrogens (tertiary/aromatic N) is 1. The molecule has 1 aliphatic heterocycles.